The lowest BCUT2D eigenvalue weighted by atomic mass is 9.82. The van der Waals surface area contributed by atoms with Crippen molar-refractivity contribution < 1.29 is 9.59 Å². The standard InChI is InChI=1S/C29H22N2O2/c1-3-19-10-14-21(15-11-19)31-25-17-16-24(30-20-12-8-18(2)9-13-20)26-27(25)29(33)23-7-5-4-6-22(23)28(26)32/h3-17,30-31H,1H2,2H3. The molecule has 0 radical (unpaired) electrons. The minimum absolute atomic E-state index is 0.166. The highest BCUT2D eigenvalue weighted by molar-refractivity contribution is 6.32. The van der Waals surface area contributed by atoms with Crippen molar-refractivity contribution in [3.63, 3.8) is 0 Å². The lowest BCUT2D eigenvalue weighted by Crippen LogP contribution is -2.23. The van der Waals surface area contributed by atoms with E-state index in [4.69, 9.17) is 0 Å². The zero-order valence-electron chi connectivity index (χ0n) is 18.2. The van der Waals surface area contributed by atoms with Crippen molar-refractivity contribution in [2.45, 2.75) is 6.92 Å². The van der Waals surface area contributed by atoms with Crippen LogP contribution in [0.5, 0.6) is 0 Å². The lowest BCUT2D eigenvalue weighted by Gasteiger charge is -2.24. The molecule has 4 aromatic carbocycles. The maximum Gasteiger partial charge on any atom is 0.196 e. The van der Waals surface area contributed by atoms with E-state index < -0.39 is 0 Å². The average molecular weight is 431 g/mol. The summed E-state index contributed by atoms with van der Waals surface area (Å²) in [6, 6.07) is 26.3. The van der Waals surface area contributed by atoms with Crippen LogP contribution in [0.4, 0.5) is 22.7 Å². The smallest absolute Gasteiger partial charge is 0.196 e. The molecule has 0 aliphatic heterocycles. The molecule has 5 rings (SSSR count). The van der Waals surface area contributed by atoms with E-state index >= 15 is 0 Å². The predicted molar refractivity (Wildman–Crippen MR) is 134 cm³/mol. The van der Waals surface area contributed by atoms with Crippen molar-refractivity contribution in [1.82, 2.24) is 0 Å². The average Bonchev–Trinajstić information content (AvgIpc) is 2.85. The summed E-state index contributed by atoms with van der Waals surface area (Å²) in [4.78, 5) is 27.2. The molecule has 33 heavy (non-hydrogen) atoms. The van der Waals surface area contributed by atoms with Crippen LogP contribution in [0.3, 0.4) is 0 Å². The fourth-order valence-corrected chi connectivity index (χ4v) is 4.08. The molecule has 0 heterocycles. The van der Waals surface area contributed by atoms with E-state index in [1.165, 1.54) is 0 Å². The highest BCUT2D eigenvalue weighted by Gasteiger charge is 2.34. The van der Waals surface area contributed by atoms with E-state index in [1.807, 2.05) is 67.6 Å². The van der Waals surface area contributed by atoms with Gasteiger partial charge in [-0.3, -0.25) is 9.59 Å². The molecule has 0 saturated heterocycles. The van der Waals surface area contributed by atoms with E-state index in [0.29, 0.717) is 33.6 Å². The van der Waals surface area contributed by atoms with E-state index in [-0.39, 0.29) is 11.6 Å². The second-order valence-electron chi connectivity index (χ2n) is 8.06. The third-order valence-corrected chi connectivity index (χ3v) is 5.83. The molecule has 0 saturated carbocycles. The summed E-state index contributed by atoms with van der Waals surface area (Å²) < 4.78 is 0. The zero-order chi connectivity index (χ0) is 22.9. The van der Waals surface area contributed by atoms with Crippen LogP contribution >= 0.6 is 0 Å². The maximum absolute atomic E-state index is 13.6. The highest BCUT2D eigenvalue weighted by atomic mass is 16.1. The summed E-state index contributed by atoms with van der Waals surface area (Å²) >= 11 is 0. The molecule has 0 atom stereocenters. The minimum atomic E-state index is -0.169. The Bertz CT molecular complexity index is 1400. The summed E-state index contributed by atoms with van der Waals surface area (Å²) in [7, 11) is 0. The maximum atomic E-state index is 13.6. The highest BCUT2D eigenvalue weighted by Crippen LogP contribution is 2.38. The summed E-state index contributed by atoms with van der Waals surface area (Å²) in [6.07, 6.45) is 1.77. The first-order valence-electron chi connectivity index (χ1n) is 10.7. The van der Waals surface area contributed by atoms with Gasteiger partial charge in [-0.15, -0.1) is 0 Å². The summed E-state index contributed by atoms with van der Waals surface area (Å²) in [5, 5.41) is 6.66. The Morgan fingerprint density at radius 1 is 0.636 bits per heavy atom. The fourth-order valence-electron chi connectivity index (χ4n) is 4.08. The predicted octanol–water partition coefficient (Wildman–Crippen LogP) is 6.90. The summed E-state index contributed by atoms with van der Waals surface area (Å²) in [5.41, 5.74) is 6.62. The van der Waals surface area contributed by atoms with Crippen molar-refractivity contribution in [1.29, 1.82) is 0 Å². The van der Waals surface area contributed by atoms with Crippen LogP contribution in [0.1, 0.15) is 43.0 Å². The molecule has 0 unspecified atom stereocenters. The van der Waals surface area contributed by atoms with Crippen LogP contribution < -0.4 is 10.6 Å². The van der Waals surface area contributed by atoms with Crippen LogP contribution in [0, 0.1) is 6.92 Å². The Morgan fingerprint density at radius 2 is 1.09 bits per heavy atom. The molecule has 0 aromatic heterocycles. The topological polar surface area (TPSA) is 58.2 Å². The molecule has 4 nitrogen and oxygen atoms in total. The Morgan fingerprint density at radius 3 is 1.55 bits per heavy atom. The van der Waals surface area contributed by atoms with Gasteiger partial charge in [0, 0.05) is 22.5 Å². The number of benzene rings is 4. The van der Waals surface area contributed by atoms with Crippen LogP contribution in [0.2, 0.25) is 0 Å². The molecule has 4 aromatic rings. The first kappa shape index (κ1) is 20.5. The van der Waals surface area contributed by atoms with Crippen LogP contribution in [-0.4, -0.2) is 11.6 Å². The van der Waals surface area contributed by atoms with Gasteiger partial charge in [0.25, 0.3) is 0 Å². The van der Waals surface area contributed by atoms with Gasteiger partial charge in [-0.1, -0.05) is 66.7 Å². The molecule has 0 amide bonds. The Balaban J connectivity index is 1.64. The van der Waals surface area contributed by atoms with Gasteiger partial charge in [-0.2, -0.15) is 0 Å². The number of carbonyl (C=O) groups is 2. The number of hydrogen-bond acceptors (Lipinski definition) is 4. The number of rotatable bonds is 5. The molecular weight excluding hydrogens is 408 g/mol. The third-order valence-electron chi connectivity index (χ3n) is 5.83. The van der Waals surface area contributed by atoms with Gasteiger partial charge in [0.2, 0.25) is 0 Å². The number of aryl methyl sites for hydroxylation is 1. The van der Waals surface area contributed by atoms with Crippen molar-refractivity contribution in [3.05, 3.63) is 125 Å². The van der Waals surface area contributed by atoms with Crippen molar-refractivity contribution >= 4 is 40.4 Å². The molecule has 4 heteroatoms. The molecule has 1 aliphatic carbocycles. The second kappa shape index (κ2) is 8.24. The summed E-state index contributed by atoms with van der Waals surface area (Å²) in [5.74, 6) is -0.335. The Kier molecular flexibility index (Phi) is 5.11. The normalized spacial score (nSPS) is 12.0. The molecule has 2 N–H and O–H groups in total. The zero-order valence-corrected chi connectivity index (χ0v) is 18.2. The first-order chi connectivity index (χ1) is 16.0. The van der Waals surface area contributed by atoms with Gasteiger partial charge in [0.1, 0.15) is 0 Å². The minimum Gasteiger partial charge on any atom is -0.355 e. The number of hydrogen-bond donors (Lipinski definition) is 2. The monoisotopic (exact) mass is 430 g/mol. The van der Waals surface area contributed by atoms with Crippen molar-refractivity contribution in [2.75, 3.05) is 10.6 Å². The number of carbonyl (C=O) groups excluding carboxylic acids is 2. The fraction of sp³-hybridized carbons (Fsp3) is 0.0345. The molecule has 0 bridgehead atoms. The van der Waals surface area contributed by atoms with Crippen LogP contribution in [0.15, 0.2) is 91.5 Å². The number of nitrogens with one attached hydrogen (secondary N) is 2. The van der Waals surface area contributed by atoms with E-state index in [0.717, 1.165) is 22.5 Å². The van der Waals surface area contributed by atoms with Gasteiger partial charge in [-0.25, -0.2) is 0 Å². The van der Waals surface area contributed by atoms with Gasteiger partial charge >= 0.3 is 0 Å². The van der Waals surface area contributed by atoms with Gasteiger partial charge in [0.05, 0.1) is 22.5 Å². The number of fused-ring (bicyclic) bond motifs is 2. The first-order valence-corrected chi connectivity index (χ1v) is 10.7. The van der Waals surface area contributed by atoms with Crippen LogP contribution in [0.25, 0.3) is 6.08 Å². The lowest BCUT2D eigenvalue weighted by molar-refractivity contribution is 0.0980. The quantitative estimate of drug-likeness (QED) is 0.318. The van der Waals surface area contributed by atoms with Crippen LogP contribution in [-0.2, 0) is 0 Å². The van der Waals surface area contributed by atoms with Gasteiger partial charge in [-0.05, 0) is 48.9 Å². The molecule has 0 spiro atoms. The van der Waals surface area contributed by atoms with E-state index in [9.17, 15) is 9.59 Å². The Labute approximate surface area is 192 Å². The molecule has 160 valence electrons. The van der Waals surface area contributed by atoms with Crippen molar-refractivity contribution in [2.24, 2.45) is 0 Å². The third kappa shape index (κ3) is 3.72. The van der Waals surface area contributed by atoms with Crippen molar-refractivity contribution in [3.8, 4) is 0 Å². The number of anilines is 4. The molecule has 0 fully saturated rings. The summed E-state index contributed by atoms with van der Waals surface area (Å²) in [6.45, 7) is 5.80. The van der Waals surface area contributed by atoms with Gasteiger partial charge < -0.3 is 10.6 Å². The van der Waals surface area contributed by atoms with E-state index in [1.54, 1.807) is 30.3 Å². The second-order valence-corrected chi connectivity index (χ2v) is 8.06. The molecule has 1 aliphatic rings. The number of ketones is 2. The SMILES string of the molecule is C=Cc1ccc(Nc2ccc(Nc3ccc(C)cc3)c3c2C(=O)c2ccccc2C3=O)cc1. The largest absolute Gasteiger partial charge is 0.355 e. The molecular formula is C29H22N2O2. The Hall–Kier alpha value is -4.44. The van der Waals surface area contributed by atoms with E-state index in [2.05, 4.69) is 17.2 Å². The van der Waals surface area contributed by atoms with Gasteiger partial charge in [0.15, 0.2) is 11.6 Å².